The first-order valence-electron chi connectivity index (χ1n) is 8.80. The van der Waals surface area contributed by atoms with Crippen molar-refractivity contribution in [2.24, 2.45) is 0 Å². The summed E-state index contributed by atoms with van der Waals surface area (Å²) in [6.07, 6.45) is 6.49. The van der Waals surface area contributed by atoms with Gasteiger partial charge in [-0.3, -0.25) is 14.5 Å². The van der Waals surface area contributed by atoms with Crippen molar-refractivity contribution in [1.29, 1.82) is 0 Å². The van der Waals surface area contributed by atoms with Crippen LogP contribution in [-0.4, -0.2) is 20.7 Å². The second-order valence-electron chi connectivity index (χ2n) is 7.98. The average Bonchev–Trinajstić information content (AvgIpc) is 3.45. The SMILES string of the molecule is CC(C)(C)n1nc(C(=O)Nc2cccnc2C2CC2)cc1C1CC1. The number of pyridine rings is 1. The maximum Gasteiger partial charge on any atom is 0.276 e. The van der Waals surface area contributed by atoms with Gasteiger partial charge in [-0.1, -0.05) is 0 Å². The molecule has 2 aromatic heterocycles. The molecule has 5 nitrogen and oxygen atoms in total. The molecule has 0 saturated heterocycles. The number of amides is 1. The zero-order valence-electron chi connectivity index (χ0n) is 14.5. The first-order valence-corrected chi connectivity index (χ1v) is 8.80. The van der Waals surface area contributed by atoms with Crippen LogP contribution >= 0.6 is 0 Å². The Kier molecular flexibility index (Phi) is 3.48. The Labute approximate surface area is 142 Å². The molecule has 2 aliphatic rings. The van der Waals surface area contributed by atoms with Crippen LogP contribution in [0.3, 0.4) is 0 Å². The summed E-state index contributed by atoms with van der Waals surface area (Å²) >= 11 is 0. The van der Waals surface area contributed by atoms with Crippen molar-refractivity contribution in [2.45, 2.75) is 63.8 Å². The Balaban J connectivity index is 1.61. The monoisotopic (exact) mass is 324 g/mol. The van der Waals surface area contributed by atoms with E-state index in [2.05, 4.69) is 36.2 Å². The topological polar surface area (TPSA) is 59.8 Å². The van der Waals surface area contributed by atoms with E-state index in [4.69, 9.17) is 0 Å². The summed E-state index contributed by atoms with van der Waals surface area (Å²) in [6.45, 7) is 6.37. The van der Waals surface area contributed by atoms with Crippen molar-refractivity contribution in [3.05, 3.63) is 41.5 Å². The second-order valence-corrected chi connectivity index (χ2v) is 7.98. The van der Waals surface area contributed by atoms with Gasteiger partial charge in [0.15, 0.2) is 5.69 Å². The van der Waals surface area contributed by atoms with Gasteiger partial charge in [0.2, 0.25) is 0 Å². The highest BCUT2D eigenvalue weighted by Crippen LogP contribution is 2.43. The predicted molar refractivity (Wildman–Crippen MR) is 93.4 cm³/mol. The number of hydrogen-bond acceptors (Lipinski definition) is 3. The molecule has 0 aromatic carbocycles. The van der Waals surface area contributed by atoms with Crippen LogP contribution in [0.2, 0.25) is 0 Å². The third kappa shape index (κ3) is 2.95. The van der Waals surface area contributed by atoms with Crippen molar-refractivity contribution < 1.29 is 4.79 Å². The number of nitrogens with zero attached hydrogens (tertiary/aromatic N) is 3. The molecule has 0 spiro atoms. The zero-order valence-corrected chi connectivity index (χ0v) is 14.5. The summed E-state index contributed by atoms with van der Waals surface area (Å²) in [6, 6.07) is 5.76. The van der Waals surface area contributed by atoms with Gasteiger partial charge in [0, 0.05) is 23.7 Å². The molecule has 0 unspecified atom stereocenters. The molecule has 126 valence electrons. The van der Waals surface area contributed by atoms with Crippen molar-refractivity contribution in [2.75, 3.05) is 5.32 Å². The highest BCUT2D eigenvalue weighted by molar-refractivity contribution is 6.03. The highest BCUT2D eigenvalue weighted by atomic mass is 16.2. The number of carbonyl (C=O) groups is 1. The van der Waals surface area contributed by atoms with E-state index in [0.717, 1.165) is 24.2 Å². The van der Waals surface area contributed by atoms with Gasteiger partial charge in [0.1, 0.15) is 0 Å². The molecule has 0 radical (unpaired) electrons. The highest BCUT2D eigenvalue weighted by Gasteiger charge is 2.33. The van der Waals surface area contributed by atoms with Gasteiger partial charge >= 0.3 is 0 Å². The number of rotatable bonds is 4. The number of carbonyl (C=O) groups excluding carboxylic acids is 1. The van der Waals surface area contributed by atoms with E-state index < -0.39 is 0 Å². The summed E-state index contributed by atoms with van der Waals surface area (Å²) in [5.74, 6) is 0.907. The normalized spacial score (nSPS) is 17.8. The molecule has 2 heterocycles. The molecule has 2 aliphatic carbocycles. The fourth-order valence-electron chi connectivity index (χ4n) is 3.11. The van der Waals surface area contributed by atoms with Crippen molar-refractivity contribution >= 4 is 11.6 Å². The summed E-state index contributed by atoms with van der Waals surface area (Å²) in [5, 5.41) is 7.64. The zero-order chi connectivity index (χ0) is 16.9. The van der Waals surface area contributed by atoms with Gasteiger partial charge in [-0.2, -0.15) is 5.10 Å². The van der Waals surface area contributed by atoms with E-state index in [-0.39, 0.29) is 11.4 Å². The molecule has 2 saturated carbocycles. The molecule has 0 atom stereocenters. The molecule has 1 amide bonds. The molecule has 4 rings (SSSR count). The molecule has 1 N–H and O–H groups in total. The molecule has 2 aromatic rings. The standard InChI is InChI=1S/C19H24N4O/c1-19(2,3)23-16(12-6-7-12)11-15(22-23)18(24)21-14-5-4-10-20-17(14)13-8-9-13/h4-5,10-13H,6-9H2,1-3H3,(H,21,24). The Hall–Kier alpha value is -2.17. The second kappa shape index (κ2) is 5.43. The lowest BCUT2D eigenvalue weighted by molar-refractivity contribution is 0.102. The molecular formula is C19H24N4O. The van der Waals surface area contributed by atoms with Crippen molar-refractivity contribution in [3.8, 4) is 0 Å². The Morgan fingerprint density at radius 2 is 1.92 bits per heavy atom. The Bertz CT molecular complexity index is 779. The van der Waals surface area contributed by atoms with Crippen LogP contribution in [0.4, 0.5) is 5.69 Å². The van der Waals surface area contributed by atoms with Crippen LogP contribution in [0, 0.1) is 0 Å². The first kappa shape index (κ1) is 15.4. The maximum atomic E-state index is 12.7. The summed E-state index contributed by atoms with van der Waals surface area (Å²) in [5.41, 5.74) is 3.38. The minimum atomic E-state index is -0.144. The predicted octanol–water partition coefficient (Wildman–Crippen LogP) is 4.04. The van der Waals surface area contributed by atoms with E-state index in [1.54, 1.807) is 6.20 Å². The van der Waals surface area contributed by atoms with Gasteiger partial charge in [0.25, 0.3) is 5.91 Å². The van der Waals surface area contributed by atoms with Crippen LogP contribution in [0.1, 0.15) is 80.2 Å². The molecule has 5 heteroatoms. The molecule has 24 heavy (non-hydrogen) atoms. The maximum absolute atomic E-state index is 12.7. The quantitative estimate of drug-likeness (QED) is 0.923. The Morgan fingerprint density at radius 3 is 2.54 bits per heavy atom. The third-order valence-corrected chi connectivity index (χ3v) is 4.65. The lowest BCUT2D eigenvalue weighted by Gasteiger charge is -2.22. The lowest BCUT2D eigenvalue weighted by Crippen LogP contribution is -2.26. The molecule has 2 fully saturated rings. The van der Waals surface area contributed by atoms with Crippen molar-refractivity contribution in [3.63, 3.8) is 0 Å². The van der Waals surface area contributed by atoms with E-state index in [0.29, 0.717) is 17.5 Å². The number of anilines is 1. The third-order valence-electron chi connectivity index (χ3n) is 4.65. The minimum Gasteiger partial charge on any atom is -0.319 e. The summed E-state index contributed by atoms with van der Waals surface area (Å²) in [4.78, 5) is 17.2. The van der Waals surface area contributed by atoms with Gasteiger partial charge < -0.3 is 5.32 Å². The van der Waals surface area contributed by atoms with Crippen LogP contribution in [0.15, 0.2) is 24.4 Å². The summed E-state index contributed by atoms with van der Waals surface area (Å²) < 4.78 is 2.02. The number of hydrogen-bond donors (Lipinski definition) is 1. The minimum absolute atomic E-state index is 0.121. The van der Waals surface area contributed by atoms with Gasteiger partial charge in [-0.05, 0) is 64.7 Å². The van der Waals surface area contributed by atoms with E-state index >= 15 is 0 Å². The molecule has 0 aliphatic heterocycles. The van der Waals surface area contributed by atoms with Crippen molar-refractivity contribution in [1.82, 2.24) is 14.8 Å². The fraction of sp³-hybridized carbons (Fsp3) is 0.526. The van der Waals surface area contributed by atoms with Crippen LogP contribution in [0.25, 0.3) is 0 Å². The largest absolute Gasteiger partial charge is 0.319 e. The first-order chi connectivity index (χ1) is 11.4. The average molecular weight is 324 g/mol. The Morgan fingerprint density at radius 1 is 1.21 bits per heavy atom. The lowest BCUT2D eigenvalue weighted by atomic mass is 10.1. The summed E-state index contributed by atoms with van der Waals surface area (Å²) in [7, 11) is 0. The van der Waals surface area contributed by atoms with Gasteiger partial charge in [-0.25, -0.2) is 0 Å². The molecule has 0 bridgehead atoms. The van der Waals surface area contributed by atoms with E-state index in [1.807, 2.05) is 22.9 Å². The van der Waals surface area contributed by atoms with E-state index in [9.17, 15) is 4.79 Å². The van der Waals surface area contributed by atoms with E-state index in [1.165, 1.54) is 18.5 Å². The van der Waals surface area contributed by atoms with Crippen LogP contribution < -0.4 is 5.32 Å². The number of aromatic nitrogens is 3. The van der Waals surface area contributed by atoms with Gasteiger partial charge in [0.05, 0.1) is 16.9 Å². The smallest absolute Gasteiger partial charge is 0.276 e. The molecular weight excluding hydrogens is 300 g/mol. The fourth-order valence-corrected chi connectivity index (χ4v) is 3.11. The van der Waals surface area contributed by atoms with Crippen LogP contribution in [0.5, 0.6) is 0 Å². The van der Waals surface area contributed by atoms with Gasteiger partial charge in [-0.15, -0.1) is 0 Å². The van der Waals surface area contributed by atoms with Crippen LogP contribution in [-0.2, 0) is 5.54 Å². The number of nitrogens with one attached hydrogen (secondary N) is 1.